The summed E-state index contributed by atoms with van der Waals surface area (Å²) in [6.07, 6.45) is 5.03. The van der Waals surface area contributed by atoms with Crippen molar-refractivity contribution in [1.29, 1.82) is 0 Å². The van der Waals surface area contributed by atoms with E-state index in [2.05, 4.69) is 25.7 Å². The van der Waals surface area contributed by atoms with Crippen molar-refractivity contribution in [3.05, 3.63) is 54.8 Å². The SMILES string of the molecule is C=C/C(=C\C)Nc1ccccc1.CCC. The monoisotopic (exact) mass is 203 g/mol. The fourth-order valence-corrected chi connectivity index (χ4v) is 0.929. The smallest absolute Gasteiger partial charge is 0.0384 e. The van der Waals surface area contributed by atoms with E-state index in [4.69, 9.17) is 0 Å². The Labute approximate surface area is 93.5 Å². The molecule has 0 atom stereocenters. The lowest BCUT2D eigenvalue weighted by Gasteiger charge is -2.05. The lowest BCUT2D eigenvalue weighted by atomic mass is 10.3. The van der Waals surface area contributed by atoms with Gasteiger partial charge in [0.25, 0.3) is 0 Å². The van der Waals surface area contributed by atoms with Gasteiger partial charge in [0, 0.05) is 11.4 Å². The maximum Gasteiger partial charge on any atom is 0.0384 e. The molecule has 1 aromatic rings. The van der Waals surface area contributed by atoms with Gasteiger partial charge in [-0.3, -0.25) is 0 Å². The van der Waals surface area contributed by atoms with E-state index in [0.717, 1.165) is 11.4 Å². The summed E-state index contributed by atoms with van der Waals surface area (Å²) >= 11 is 0. The lowest BCUT2D eigenvalue weighted by Crippen LogP contribution is -1.94. The number of hydrogen-bond donors (Lipinski definition) is 1. The van der Waals surface area contributed by atoms with Crippen molar-refractivity contribution in [3.8, 4) is 0 Å². The molecule has 0 amide bonds. The van der Waals surface area contributed by atoms with Gasteiger partial charge in [-0.25, -0.2) is 0 Å². The van der Waals surface area contributed by atoms with Gasteiger partial charge < -0.3 is 5.32 Å². The molecule has 0 saturated carbocycles. The standard InChI is InChI=1S/C11H13N.C3H8/c1-3-10(4-2)12-11-8-6-5-7-9-11;1-3-2/h3-9,12H,1H2,2H3;3H2,1-2H3/b10-4+;. The summed E-state index contributed by atoms with van der Waals surface area (Å²) in [6.45, 7) is 9.93. The van der Waals surface area contributed by atoms with Gasteiger partial charge in [0.2, 0.25) is 0 Å². The summed E-state index contributed by atoms with van der Waals surface area (Å²) in [4.78, 5) is 0. The van der Waals surface area contributed by atoms with Gasteiger partial charge in [-0.1, -0.05) is 51.1 Å². The topological polar surface area (TPSA) is 12.0 Å². The quantitative estimate of drug-likeness (QED) is 0.708. The number of benzene rings is 1. The summed E-state index contributed by atoms with van der Waals surface area (Å²) in [7, 11) is 0. The van der Waals surface area contributed by atoms with Crippen molar-refractivity contribution >= 4 is 5.69 Å². The molecule has 0 saturated heterocycles. The molecule has 1 aromatic carbocycles. The average Bonchev–Trinajstić information content (AvgIpc) is 2.28. The van der Waals surface area contributed by atoms with E-state index in [-0.39, 0.29) is 0 Å². The van der Waals surface area contributed by atoms with Crippen molar-refractivity contribution in [3.63, 3.8) is 0 Å². The third-order valence-electron chi connectivity index (χ3n) is 1.59. The van der Waals surface area contributed by atoms with Crippen LogP contribution in [0.25, 0.3) is 0 Å². The van der Waals surface area contributed by atoms with E-state index < -0.39 is 0 Å². The van der Waals surface area contributed by atoms with Gasteiger partial charge >= 0.3 is 0 Å². The molecular weight excluding hydrogens is 182 g/mol. The van der Waals surface area contributed by atoms with Crippen molar-refractivity contribution in [2.45, 2.75) is 27.2 Å². The lowest BCUT2D eigenvalue weighted by molar-refractivity contribution is 1.09. The van der Waals surface area contributed by atoms with Crippen LogP contribution in [-0.4, -0.2) is 0 Å². The van der Waals surface area contributed by atoms with Crippen LogP contribution in [0.15, 0.2) is 54.8 Å². The van der Waals surface area contributed by atoms with Crippen LogP contribution < -0.4 is 5.32 Å². The van der Waals surface area contributed by atoms with Crippen LogP contribution in [0.2, 0.25) is 0 Å². The zero-order valence-electron chi connectivity index (χ0n) is 9.96. The maximum atomic E-state index is 3.70. The summed E-state index contributed by atoms with van der Waals surface area (Å²) in [6, 6.07) is 10.0. The van der Waals surface area contributed by atoms with Crippen molar-refractivity contribution in [2.75, 3.05) is 5.32 Å². The van der Waals surface area contributed by atoms with Crippen LogP contribution in [0.1, 0.15) is 27.2 Å². The van der Waals surface area contributed by atoms with Crippen LogP contribution in [0.5, 0.6) is 0 Å². The molecule has 1 rings (SSSR count). The highest BCUT2D eigenvalue weighted by Gasteiger charge is 1.89. The van der Waals surface area contributed by atoms with Crippen LogP contribution in [0.3, 0.4) is 0 Å². The molecule has 0 aliphatic carbocycles. The highest BCUT2D eigenvalue weighted by Crippen LogP contribution is 2.08. The predicted molar refractivity (Wildman–Crippen MR) is 70.0 cm³/mol. The zero-order valence-corrected chi connectivity index (χ0v) is 9.96. The molecule has 0 aliphatic heterocycles. The first-order valence-corrected chi connectivity index (χ1v) is 5.39. The molecule has 0 fully saturated rings. The highest BCUT2D eigenvalue weighted by molar-refractivity contribution is 5.49. The minimum atomic E-state index is 1.03. The second kappa shape index (κ2) is 9.07. The largest absolute Gasteiger partial charge is 0.356 e. The molecule has 0 spiro atoms. The van der Waals surface area contributed by atoms with Crippen LogP contribution in [0, 0.1) is 0 Å². The van der Waals surface area contributed by atoms with E-state index >= 15 is 0 Å². The van der Waals surface area contributed by atoms with E-state index in [1.165, 1.54) is 6.42 Å². The average molecular weight is 203 g/mol. The normalized spacial score (nSPS) is 9.93. The first-order valence-electron chi connectivity index (χ1n) is 5.39. The molecule has 1 nitrogen and oxygen atoms in total. The molecule has 82 valence electrons. The fraction of sp³-hybridized carbons (Fsp3) is 0.286. The van der Waals surface area contributed by atoms with E-state index in [1.807, 2.05) is 43.3 Å². The number of para-hydroxylation sites is 1. The molecular formula is C14H21N. The summed E-state index contributed by atoms with van der Waals surface area (Å²) in [5, 5.41) is 3.22. The maximum absolute atomic E-state index is 3.70. The van der Waals surface area contributed by atoms with Gasteiger partial charge in [0.05, 0.1) is 0 Å². The molecule has 15 heavy (non-hydrogen) atoms. The van der Waals surface area contributed by atoms with Gasteiger partial charge in [-0.2, -0.15) is 0 Å². The second-order valence-corrected chi connectivity index (χ2v) is 3.15. The minimum absolute atomic E-state index is 1.03. The molecule has 0 unspecified atom stereocenters. The summed E-state index contributed by atoms with van der Waals surface area (Å²) in [5.41, 5.74) is 2.12. The van der Waals surface area contributed by atoms with Crippen LogP contribution in [0.4, 0.5) is 5.69 Å². The molecule has 1 heteroatoms. The molecule has 0 aliphatic rings. The van der Waals surface area contributed by atoms with Gasteiger partial charge in [-0.15, -0.1) is 0 Å². The molecule has 0 heterocycles. The van der Waals surface area contributed by atoms with Gasteiger partial charge in [-0.05, 0) is 25.1 Å². The third-order valence-corrected chi connectivity index (χ3v) is 1.59. The van der Waals surface area contributed by atoms with Gasteiger partial charge in [0.15, 0.2) is 0 Å². The van der Waals surface area contributed by atoms with E-state index in [0.29, 0.717) is 0 Å². The minimum Gasteiger partial charge on any atom is -0.356 e. The summed E-state index contributed by atoms with van der Waals surface area (Å²) in [5.74, 6) is 0. The number of nitrogens with one attached hydrogen (secondary N) is 1. The first-order chi connectivity index (χ1) is 7.28. The Bertz CT molecular complexity index is 285. The molecule has 0 bridgehead atoms. The number of anilines is 1. The Balaban J connectivity index is 0.000000583. The van der Waals surface area contributed by atoms with Crippen molar-refractivity contribution in [2.24, 2.45) is 0 Å². The Morgan fingerprint density at radius 1 is 1.27 bits per heavy atom. The Morgan fingerprint density at radius 3 is 2.20 bits per heavy atom. The van der Waals surface area contributed by atoms with E-state index in [9.17, 15) is 0 Å². The fourth-order valence-electron chi connectivity index (χ4n) is 0.929. The Hall–Kier alpha value is -1.50. The van der Waals surface area contributed by atoms with E-state index in [1.54, 1.807) is 6.08 Å². The van der Waals surface area contributed by atoms with Crippen molar-refractivity contribution < 1.29 is 0 Å². The number of hydrogen-bond acceptors (Lipinski definition) is 1. The van der Waals surface area contributed by atoms with Gasteiger partial charge in [0.1, 0.15) is 0 Å². The highest BCUT2D eigenvalue weighted by atomic mass is 14.9. The Morgan fingerprint density at radius 2 is 1.80 bits per heavy atom. The number of allylic oxidation sites excluding steroid dienone is 2. The third kappa shape index (κ3) is 6.55. The predicted octanol–water partition coefficient (Wildman–Crippen LogP) is 4.60. The zero-order chi connectivity index (χ0) is 11.5. The second-order valence-electron chi connectivity index (χ2n) is 3.15. The van der Waals surface area contributed by atoms with Crippen molar-refractivity contribution in [1.82, 2.24) is 0 Å². The number of rotatable bonds is 3. The van der Waals surface area contributed by atoms with Crippen LogP contribution in [-0.2, 0) is 0 Å². The van der Waals surface area contributed by atoms with Crippen LogP contribution >= 0.6 is 0 Å². The summed E-state index contributed by atoms with van der Waals surface area (Å²) < 4.78 is 0. The molecule has 1 N–H and O–H groups in total. The Kier molecular flexibility index (Phi) is 8.16. The first kappa shape index (κ1) is 13.5. The molecule has 0 radical (unpaired) electrons. The molecule has 0 aromatic heterocycles.